The molecule has 1 heteroatoms. The van der Waals surface area contributed by atoms with E-state index in [1.165, 1.54) is 53.5 Å². The van der Waals surface area contributed by atoms with E-state index >= 15 is 0 Å². The van der Waals surface area contributed by atoms with Crippen molar-refractivity contribution in [2.75, 3.05) is 6.61 Å². The Labute approximate surface area is 160 Å². The van der Waals surface area contributed by atoms with Crippen molar-refractivity contribution >= 4 is 0 Å². The van der Waals surface area contributed by atoms with Crippen molar-refractivity contribution in [3.63, 3.8) is 0 Å². The van der Waals surface area contributed by atoms with E-state index in [0.29, 0.717) is 0 Å². The average molecular weight is 353 g/mol. The SMILES string of the molecule is CCCCCCCOc1ccc(C(C)(C)c2ccc(C)c(C)c2)cc1C. The molecule has 2 aromatic carbocycles. The van der Waals surface area contributed by atoms with Gasteiger partial charge in [0.15, 0.2) is 0 Å². The molecule has 0 spiro atoms. The Hall–Kier alpha value is -1.76. The third-order valence-electron chi connectivity index (χ3n) is 5.63. The Kier molecular flexibility index (Phi) is 7.32. The minimum absolute atomic E-state index is 0.0120. The molecule has 0 saturated heterocycles. The van der Waals surface area contributed by atoms with Crippen LogP contribution >= 0.6 is 0 Å². The van der Waals surface area contributed by atoms with Crippen molar-refractivity contribution in [3.05, 3.63) is 64.2 Å². The zero-order chi connectivity index (χ0) is 19.2. The van der Waals surface area contributed by atoms with E-state index in [0.717, 1.165) is 18.8 Å². The van der Waals surface area contributed by atoms with Crippen LogP contribution in [0.2, 0.25) is 0 Å². The highest BCUT2D eigenvalue weighted by Crippen LogP contribution is 2.34. The number of hydrogen-bond acceptors (Lipinski definition) is 1. The van der Waals surface area contributed by atoms with Crippen LogP contribution in [0.4, 0.5) is 0 Å². The van der Waals surface area contributed by atoms with Crippen molar-refractivity contribution < 1.29 is 4.74 Å². The van der Waals surface area contributed by atoms with Crippen molar-refractivity contribution in [2.24, 2.45) is 0 Å². The van der Waals surface area contributed by atoms with Gasteiger partial charge in [0.25, 0.3) is 0 Å². The maximum atomic E-state index is 6.03. The number of ether oxygens (including phenoxy) is 1. The van der Waals surface area contributed by atoms with Crippen molar-refractivity contribution in [3.8, 4) is 5.75 Å². The molecule has 0 bridgehead atoms. The van der Waals surface area contributed by atoms with Gasteiger partial charge in [-0.3, -0.25) is 0 Å². The number of unbranched alkanes of at least 4 members (excludes halogenated alkanes) is 4. The van der Waals surface area contributed by atoms with Crippen LogP contribution in [0.5, 0.6) is 5.75 Å². The summed E-state index contributed by atoms with van der Waals surface area (Å²) in [7, 11) is 0. The fourth-order valence-electron chi connectivity index (χ4n) is 3.38. The Bertz CT molecular complexity index is 712. The summed E-state index contributed by atoms with van der Waals surface area (Å²) in [5, 5.41) is 0. The lowest BCUT2D eigenvalue weighted by molar-refractivity contribution is 0.302. The monoisotopic (exact) mass is 352 g/mol. The van der Waals surface area contributed by atoms with Gasteiger partial charge in [-0.1, -0.05) is 76.8 Å². The van der Waals surface area contributed by atoms with Crippen LogP contribution in [-0.4, -0.2) is 6.61 Å². The molecular weight excluding hydrogens is 316 g/mol. The van der Waals surface area contributed by atoms with Crippen molar-refractivity contribution in [1.29, 1.82) is 0 Å². The van der Waals surface area contributed by atoms with E-state index in [4.69, 9.17) is 4.74 Å². The van der Waals surface area contributed by atoms with Gasteiger partial charge in [0.2, 0.25) is 0 Å². The third-order valence-corrected chi connectivity index (χ3v) is 5.63. The summed E-state index contributed by atoms with van der Waals surface area (Å²) in [6.07, 6.45) is 6.36. The van der Waals surface area contributed by atoms with Crippen LogP contribution in [0.15, 0.2) is 36.4 Å². The van der Waals surface area contributed by atoms with Gasteiger partial charge in [0.05, 0.1) is 6.61 Å². The first-order chi connectivity index (χ1) is 12.4. The highest BCUT2D eigenvalue weighted by atomic mass is 16.5. The third kappa shape index (κ3) is 5.13. The molecule has 0 aliphatic carbocycles. The molecule has 0 radical (unpaired) electrons. The van der Waals surface area contributed by atoms with E-state index in [9.17, 15) is 0 Å². The quantitative estimate of drug-likeness (QED) is 0.431. The average Bonchev–Trinajstić information content (AvgIpc) is 2.61. The lowest BCUT2D eigenvalue weighted by Gasteiger charge is -2.27. The Balaban J connectivity index is 2.06. The molecule has 26 heavy (non-hydrogen) atoms. The number of aryl methyl sites for hydroxylation is 3. The molecule has 2 aromatic rings. The van der Waals surface area contributed by atoms with Crippen LogP contribution < -0.4 is 4.74 Å². The maximum absolute atomic E-state index is 6.03. The zero-order valence-electron chi connectivity index (χ0n) is 17.6. The second-order valence-corrected chi connectivity index (χ2v) is 8.17. The normalized spacial score (nSPS) is 11.6. The van der Waals surface area contributed by atoms with Crippen LogP contribution in [0.3, 0.4) is 0 Å². The maximum Gasteiger partial charge on any atom is 0.122 e. The second-order valence-electron chi connectivity index (χ2n) is 8.17. The number of benzene rings is 2. The van der Waals surface area contributed by atoms with E-state index in [1.807, 2.05) is 0 Å². The van der Waals surface area contributed by atoms with Gasteiger partial charge in [-0.05, 0) is 61.1 Å². The van der Waals surface area contributed by atoms with Gasteiger partial charge >= 0.3 is 0 Å². The Morgan fingerprint density at radius 1 is 0.731 bits per heavy atom. The smallest absolute Gasteiger partial charge is 0.122 e. The summed E-state index contributed by atoms with van der Waals surface area (Å²) in [4.78, 5) is 0. The molecule has 0 unspecified atom stereocenters. The molecule has 0 aliphatic rings. The number of hydrogen-bond donors (Lipinski definition) is 0. The molecule has 0 heterocycles. The second kappa shape index (κ2) is 9.26. The first-order valence-electron chi connectivity index (χ1n) is 10.2. The van der Waals surface area contributed by atoms with Gasteiger partial charge < -0.3 is 4.74 Å². The summed E-state index contributed by atoms with van der Waals surface area (Å²) in [5.41, 5.74) is 6.63. The lowest BCUT2D eigenvalue weighted by atomic mass is 9.77. The molecule has 0 aromatic heterocycles. The molecule has 1 nitrogen and oxygen atoms in total. The van der Waals surface area contributed by atoms with Crippen molar-refractivity contribution in [2.45, 2.75) is 79.1 Å². The molecule has 0 saturated carbocycles. The predicted molar refractivity (Wildman–Crippen MR) is 113 cm³/mol. The fraction of sp³-hybridized carbons (Fsp3) is 0.520. The summed E-state index contributed by atoms with van der Waals surface area (Å²) >= 11 is 0. The summed E-state index contributed by atoms with van der Waals surface area (Å²) in [6.45, 7) is 14.2. The van der Waals surface area contributed by atoms with E-state index in [1.54, 1.807) is 0 Å². The van der Waals surface area contributed by atoms with Crippen LogP contribution in [0.1, 0.15) is 80.7 Å². The van der Waals surface area contributed by atoms with Crippen LogP contribution in [0, 0.1) is 20.8 Å². The highest BCUT2D eigenvalue weighted by molar-refractivity contribution is 5.45. The summed E-state index contributed by atoms with van der Waals surface area (Å²) < 4.78 is 6.03. The minimum Gasteiger partial charge on any atom is -0.493 e. The standard InChI is InChI=1S/C25H36O/c1-7-8-9-10-11-16-26-24-15-14-23(18-21(24)4)25(5,6)22-13-12-19(2)20(3)17-22/h12-15,17-18H,7-11,16H2,1-6H3. The minimum atomic E-state index is -0.0120. The summed E-state index contributed by atoms with van der Waals surface area (Å²) in [5.74, 6) is 1.03. The number of rotatable bonds is 9. The van der Waals surface area contributed by atoms with Gasteiger partial charge in [0, 0.05) is 5.41 Å². The van der Waals surface area contributed by atoms with E-state index in [-0.39, 0.29) is 5.41 Å². The lowest BCUT2D eigenvalue weighted by Crippen LogP contribution is -2.19. The Morgan fingerprint density at radius 2 is 1.35 bits per heavy atom. The molecule has 0 atom stereocenters. The first kappa shape index (κ1) is 20.6. The zero-order valence-corrected chi connectivity index (χ0v) is 17.6. The highest BCUT2D eigenvalue weighted by Gasteiger charge is 2.24. The molecule has 0 amide bonds. The molecule has 0 aliphatic heterocycles. The van der Waals surface area contributed by atoms with Crippen LogP contribution in [0.25, 0.3) is 0 Å². The van der Waals surface area contributed by atoms with E-state index in [2.05, 4.69) is 77.9 Å². The molecule has 142 valence electrons. The Morgan fingerprint density at radius 3 is 1.96 bits per heavy atom. The molecular formula is C25H36O. The van der Waals surface area contributed by atoms with Crippen LogP contribution in [-0.2, 0) is 5.41 Å². The van der Waals surface area contributed by atoms with Gasteiger partial charge in [-0.2, -0.15) is 0 Å². The molecule has 0 fully saturated rings. The van der Waals surface area contributed by atoms with Gasteiger partial charge in [-0.15, -0.1) is 0 Å². The molecule has 2 rings (SSSR count). The van der Waals surface area contributed by atoms with Crippen molar-refractivity contribution in [1.82, 2.24) is 0 Å². The topological polar surface area (TPSA) is 9.23 Å². The van der Waals surface area contributed by atoms with Gasteiger partial charge in [0.1, 0.15) is 5.75 Å². The fourth-order valence-corrected chi connectivity index (χ4v) is 3.38. The van der Waals surface area contributed by atoms with Gasteiger partial charge in [-0.25, -0.2) is 0 Å². The predicted octanol–water partition coefficient (Wildman–Crippen LogP) is 7.29. The largest absolute Gasteiger partial charge is 0.493 e. The first-order valence-corrected chi connectivity index (χ1v) is 10.2. The summed E-state index contributed by atoms with van der Waals surface area (Å²) in [6, 6.07) is 13.5. The van der Waals surface area contributed by atoms with E-state index < -0.39 is 0 Å². The molecule has 0 N–H and O–H groups in total.